The fourth-order valence-corrected chi connectivity index (χ4v) is 4.32. The second-order valence-corrected chi connectivity index (χ2v) is 7.65. The van der Waals surface area contributed by atoms with E-state index in [1.807, 2.05) is 28.8 Å². The molecule has 3 heterocycles. The zero-order chi connectivity index (χ0) is 19.1. The minimum absolute atomic E-state index is 0.292. The molecule has 3 aromatic heterocycles. The topological polar surface area (TPSA) is 54.5 Å². The average Bonchev–Trinajstić information content (AvgIpc) is 3.39. The van der Waals surface area contributed by atoms with Crippen LogP contribution in [0.3, 0.4) is 0 Å². The van der Waals surface area contributed by atoms with Crippen molar-refractivity contribution in [3.63, 3.8) is 0 Å². The number of imidazole rings is 1. The fraction of sp³-hybridized carbons (Fsp3) is 0.0455. The van der Waals surface area contributed by atoms with E-state index < -0.39 is 0 Å². The number of hydrogen-bond donors (Lipinski definition) is 0. The van der Waals surface area contributed by atoms with Crippen LogP contribution in [-0.4, -0.2) is 14.5 Å². The largest absolute Gasteiger partial charge is 0.298 e. The molecule has 0 fully saturated rings. The van der Waals surface area contributed by atoms with Crippen LogP contribution in [0, 0.1) is 11.3 Å². The number of halogens is 1. The maximum atomic E-state index is 8.93. The smallest absolute Gasteiger partial charge is 0.108 e. The highest BCUT2D eigenvalue weighted by atomic mass is 35.5. The van der Waals surface area contributed by atoms with Crippen LogP contribution in [0.25, 0.3) is 38.8 Å². The predicted molar refractivity (Wildman–Crippen MR) is 114 cm³/mol. The van der Waals surface area contributed by atoms with Gasteiger partial charge in [-0.1, -0.05) is 23.7 Å². The van der Waals surface area contributed by atoms with Crippen LogP contribution in [0.4, 0.5) is 0 Å². The number of fused-ring (bicyclic) bond motifs is 3. The van der Waals surface area contributed by atoms with Gasteiger partial charge in [0.15, 0.2) is 0 Å². The Morgan fingerprint density at radius 2 is 1.96 bits per heavy atom. The first-order valence-corrected chi connectivity index (χ1v) is 10.0. The SMILES string of the molecule is N#CCc1ccc(-n2cnc3cnc4ccc(-c5ccsc5)cc4c32)cc1Cl. The predicted octanol–water partition coefficient (Wildman–Crippen LogP) is 6.02. The van der Waals surface area contributed by atoms with E-state index in [0.29, 0.717) is 11.4 Å². The lowest BCUT2D eigenvalue weighted by Crippen LogP contribution is -1.95. The van der Waals surface area contributed by atoms with Gasteiger partial charge >= 0.3 is 0 Å². The van der Waals surface area contributed by atoms with Crippen LogP contribution in [0.1, 0.15) is 5.56 Å². The number of nitriles is 1. The van der Waals surface area contributed by atoms with Gasteiger partial charge in [-0.3, -0.25) is 9.55 Å². The highest BCUT2D eigenvalue weighted by Gasteiger charge is 2.12. The third-order valence-electron chi connectivity index (χ3n) is 4.81. The average molecular weight is 401 g/mol. The molecule has 4 nitrogen and oxygen atoms in total. The second kappa shape index (κ2) is 6.75. The summed E-state index contributed by atoms with van der Waals surface area (Å²) in [6.07, 6.45) is 3.88. The van der Waals surface area contributed by atoms with Crippen LogP contribution in [0.15, 0.2) is 65.7 Å². The molecule has 0 saturated carbocycles. The molecule has 0 spiro atoms. The first-order chi connectivity index (χ1) is 13.7. The number of nitrogens with zero attached hydrogens (tertiary/aromatic N) is 4. The van der Waals surface area contributed by atoms with Gasteiger partial charge in [-0.2, -0.15) is 16.6 Å². The van der Waals surface area contributed by atoms with E-state index in [2.05, 4.69) is 45.0 Å². The van der Waals surface area contributed by atoms with Crippen LogP contribution in [0.2, 0.25) is 5.02 Å². The Bertz CT molecular complexity index is 1360. The molecule has 0 aliphatic rings. The lowest BCUT2D eigenvalue weighted by Gasteiger charge is -2.09. The number of thiophene rings is 1. The van der Waals surface area contributed by atoms with Crippen molar-refractivity contribution in [2.45, 2.75) is 6.42 Å². The molecule has 6 heteroatoms. The van der Waals surface area contributed by atoms with Gasteiger partial charge in [0.2, 0.25) is 0 Å². The second-order valence-electron chi connectivity index (χ2n) is 6.46. The van der Waals surface area contributed by atoms with Crippen molar-refractivity contribution in [3.8, 4) is 22.9 Å². The van der Waals surface area contributed by atoms with E-state index in [9.17, 15) is 0 Å². The summed E-state index contributed by atoms with van der Waals surface area (Å²) in [7, 11) is 0. The maximum Gasteiger partial charge on any atom is 0.108 e. The summed E-state index contributed by atoms with van der Waals surface area (Å²) in [5, 5.41) is 14.8. The van der Waals surface area contributed by atoms with Crippen molar-refractivity contribution in [2.24, 2.45) is 0 Å². The van der Waals surface area contributed by atoms with E-state index >= 15 is 0 Å². The van der Waals surface area contributed by atoms with Crippen molar-refractivity contribution in [1.29, 1.82) is 5.26 Å². The number of hydrogen-bond acceptors (Lipinski definition) is 4. The summed E-state index contributed by atoms with van der Waals surface area (Å²) in [5.41, 5.74) is 6.81. The number of rotatable bonds is 3. The minimum atomic E-state index is 0.292. The Morgan fingerprint density at radius 1 is 1.04 bits per heavy atom. The van der Waals surface area contributed by atoms with Gasteiger partial charge in [-0.05, 0) is 57.8 Å². The molecule has 0 unspecified atom stereocenters. The summed E-state index contributed by atoms with van der Waals surface area (Å²) in [5.74, 6) is 0. The normalized spacial score (nSPS) is 11.1. The Balaban J connectivity index is 1.75. The molecule has 0 bridgehead atoms. The fourth-order valence-electron chi connectivity index (χ4n) is 3.41. The molecule has 0 atom stereocenters. The van der Waals surface area contributed by atoms with Gasteiger partial charge in [-0.25, -0.2) is 4.98 Å². The standard InChI is InChI=1S/C22H13ClN4S/c23-19-10-17(3-1-14(19)5-7-24)27-13-26-21-11-25-20-4-2-15(9-18(20)22(21)27)16-6-8-28-12-16/h1-4,6,8-13H,5H2. The van der Waals surface area contributed by atoms with Crippen LogP contribution in [0.5, 0.6) is 0 Å². The van der Waals surface area contributed by atoms with E-state index in [4.69, 9.17) is 16.9 Å². The highest BCUT2D eigenvalue weighted by molar-refractivity contribution is 7.08. The summed E-state index contributed by atoms with van der Waals surface area (Å²) < 4.78 is 2.03. The Hall–Kier alpha value is -3.20. The molecule has 2 aromatic carbocycles. The zero-order valence-corrected chi connectivity index (χ0v) is 16.2. The Labute approximate surface area is 170 Å². The molecule has 28 heavy (non-hydrogen) atoms. The molecular weight excluding hydrogens is 388 g/mol. The monoisotopic (exact) mass is 400 g/mol. The molecule has 134 valence electrons. The summed E-state index contributed by atoms with van der Waals surface area (Å²) in [6, 6.07) is 16.3. The molecule has 5 rings (SSSR count). The summed E-state index contributed by atoms with van der Waals surface area (Å²) in [6.45, 7) is 0. The Morgan fingerprint density at radius 3 is 2.75 bits per heavy atom. The molecule has 5 aromatic rings. The number of benzene rings is 2. The van der Waals surface area contributed by atoms with E-state index in [-0.39, 0.29) is 0 Å². The number of aromatic nitrogens is 3. The van der Waals surface area contributed by atoms with Gasteiger partial charge < -0.3 is 0 Å². The van der Waals surface area contributed by atoms with Gasteiger partial charge in [0.25, 0.3) is 0 Å². The van der Waals surface area contributed by atoms with Crippen LogP contribution >= 0.6 is 22.9 Å². The maximum absolute atomic E-state index is 8.93. The molecule has 0 aliphatic carbocycles. The molecule has 0 aliphatic heterocycles. The van der Waals surface area contributed by atoms with Crippen molar-refractivity contribution < 1.29 is 0 Å². The van der Waals surface area contributed by atoms with Crippen molar-refractivity contribution >= 4 is 44.9 Å². The molecular formula is C22H13ClN4S. The lowest BCUT2D eigenvalue weighted by molar-refractivity contribution is 1.09. The van der Waals surface area contributed by atoms with E-state index in [0.717, 1.165) is 38.8 Å². The molecule has 0 N–H and O–H groups in total. The quantitative estimate of drug-likeness (QED) is 0.372. The van der Waals surface area contributed by atoms with Gasteiger partial charge in [-0.15, -0.1) is 0 Å². The van der Waals surface area contributed by atoms with Crippen molar-refractivity contribution in [1.82, 2.24) is 14.5 Å². The summed E-state index contributed by atoms with van der Waals surface area (Å²) in [4.78, 5) is 9.09. The van der Waals surface area contributed by atoms with E-state index in [1.54, 1.807) is 23.9 Å². The lowest BCUT2D eigenvalue weighted by atomic mass is 10.1. The van der Waals surface area contributed by atoms with Gasteiger partial charge in [0.05, 0.1) is 29.7 Å². The highest BCUT2D eigenvalue weighted by Crippen LogP contribution is 2.31. The third-order valence-corrected chi connectivity index (χ3v) is 5.85. The van der Waals surface area contributed by atoms with Crippen LogP contribution < -0.4 is 0 Å². The van der Waals surface area contributed by atoms with Gasteiger partial charge in [0.1, 0.15) is 11.8 Å². The van der Waals surface area contributed by atoms with E-state index in [1.165, 1.54) is 5.56 Å². The zero-order valence-electron chi connectivity index (χ0n) is 14.6. The third kappa shape index (κ3) is 2.75. The molecule has 0 saturated heterocycles. The summed E-state index contributed by atoms with van der Waals surface area (Å²) >= 11 is 8.07. The van der Waals surface area contributed by atoms with Crippen LogP contribution in [-0.2, 0) is 6.42 Å². The van der Waals surface area contributed by atoms with Gasteiger partial charge in [0, 0.05) is 16.1 Å². The molecule has 0 radical (unpaired) electrons. The van der Waals surface area contributed by atoms with Crippen molar-refractivity contribution in [3.05, 3.63) is 76.3 Å². The minimum Gasteiger partial charge on any atom is -0.298 e. The number of pyridine rings is 1. The Kier molecular flexibility index (Phi) is 4.09. The first-order valence-electron chi connectivity index (χ1n) is 8.69. The van der Waals surface area contributed by atoms with Crippen molar-refractivity contribution in [2.75, 3.05) is 0 Å². The first kappa shape index (κ1) is 16.9. The molecule has 0 amide bonds.